The highest BCUT2D eigenvalue weighted by Gasteiger charge is 2.11. The molecule has 0 radical (unpaired) electrons. The van der Waals surface area contributed by atoms with E-state index in [1.165, 1.54) is 20.3 Å². The zero-order valence-corrected chi connectivity index (χ0v) is 13.0. The van der Waals surface area contributed by atoms with E-state index in [0.29, 0.717) is 17.2 Å². The number of esters is 1. The Morgan fingerprint density at radius 3 is 2.57 bits per heavy atom. The predicted octanol–water partition coefficient (Wildman–Crippen LogP) is 3.13. The minimum absolute atomic E-state index is 0.125. The molecule has 0 atom stereocenters. The van der Waals surface area contributed by atoms with Crippen LogP contribution < -0.4 is 10.1 Å². The first kappa shape index (κ1) is 16.4. The molecule has 23 heavy (non-hydrogen) atoms. The van der Waals surface area contributed by atoms with E-state index in [1.807, 2.05) is 6.92 Å². The molecule has 0 aliphatic heterocycles. The van der Waals surface area contributed by atoms with Gasteiger partial charge in [0.2, 0.25) is 5.76 Å². The molecule has 0 saturated heterocycles. The van der Waals surface area contributed by atoms with E-state index < -0.39 is 12.1 Å². The normalized spacial score (nSPS) is 10.0. The summed E-state index contributed by atoms with van der Waals surface area (Å²) in [5.74, 6) is 0.694. The number of carbonyl (C=O) groups is 2. The van der Waals surface area contributed by atoms with Gasteiger partial charge < -0.3 is 18.6 Å². The molecule has 0 unspecified atom stereocenters. The summed E-state index contributed by atoms with van der Waals surface area (Å²) < 4.78 is 20.0. The van der Waals surface area contributed by atoms with Crippen molar-refractivity contribution in [2.75, 3.05) is 19.5 Å². The van der Waals surface area contributed by atoms with Crippen LogP contribution in [0.4, 0.5) is 10.5 Å². The fourth-order valence-electron chi connectivity index (χ4n) is 1.85. The zero-order chi connectivity index (χ0) is 16.8. The Labute approximate surface area is 133 Å². The summed E-state index contributed by atoms with van der Waals surface area (Å²) in [4.78, 5) is 22.5. The number of furan rings is 1. The maximum Gasteiger partial charge on any atom is 0.411 e. The molecule has 0 aliphatic rings. The number of methoxy groups -OCH3 is 2. The minimum Gasteiger partial charge on any atom is -0.486 e. The van der Waals surface area contributed by atoms with Gasteiger partial charge in [0.15, 0.2) is 0 Å². The van der Waals surface area contributed by atoms with E-state index >= 15 is 0 Å². The van der Waals surface area contributed by atoms with Crippen LogP contribution in [0, 0.1) is 6.92 Å². The average molecular weight is 319 g/mol. The van der Waals surface area contributed by atoms with Gasteiger partial charge in [-0.15, -0.1) is 0 Å². The quantitative estimate of drug-likeness (QED) is 0.852. The number of nitrogens with one attached hydrogen (secondary N) is 1. The van der Waals surface area contributed by atoms with Crippen LogP contribution >= 0.6 is 0 Å². The summed E-state index contributed by atoms with van der Waals surface area (Å²) in [6.07, 6.45) is -0.535. The lowest BCUT2D eigenvalue weighted by atomic mass is 10.2. The highest BCUT2D eigenvalue weighted by molar-refractivity contribution is 5.86. The summed E-state index contributed by atoms with van der Waals surface area (Å²) in [5, 5.41) is 2.60. The van der Waals surface area contributed by atoms with Gasteiger partial charge in [-0.25, -0.2) is 9.59 Å². The zero-order valence-electron chi connectivity index (χ0n) is 13.0. The molecule has 0 spiro atoms. The second-order valence-electron chi connectivity index (χ2n) is 4.64. The first-order chi connectivity index (χ1) is 11.0. The largest absolute Gasteiger partial charge is 0.486 e. The third-order valence-electron chi connectivity index (χ3n) is 3.05. The lowest BCUT2D eigenvalue weighted by Gasteiger charge is -2.10. The number of carbonyl (C=O) groups excluding carboxylic acids is 2. The van der Waals surface area contributed by atoms with Crippen molar-refractivity contribution in [2.45, 2.75) is 13.5 Å². The summed E-state index contributed by atoms with van der Waals surface area (Å²) in [5.41, 5.74) is 1.46. The smallest absolute Gasteiger partial charge is 0.411 e. The Bertz CT molecular complexity index is 706. The van der Waals surface area contributed by atoms with E-state index in [9.17, 15) is 9.59 Å². The van der Waals surface area contributed by atoms with Crippen LogP contribution in [-0.2, 0) is 16.1 Å². The third kappa shape index (κ3) is 4.26. The highest BCUT2D eigenvalue weighted by Crippen LogP contribution is 2.22. The molecule has 0 bridgehead atoms. The van der Waals surface area contributed by atoms with Crippen LogP contribution in [0.15, 0.2) is 34.7 Å². The molecule has 0 saturated carbocycles. The Balaban J connectivity index is 1.98. The van der Waals surface area contributed by atoms with Crippen molar-refractivity contribution in [3.05, 3.63) is 47.4 Å². The number of amides is 1. The molecule has 7 heteroatoms. The first-order valence-electron chi connectivity index (χ1n) is 6.79. The summed E-state index contributed by atoms with van der Waals surface area (Å²) >= 11 is 0. The number of benzene rings is 1. The van der Waals surface area contributed by atoms with Gasteiger partial charge in [-0.1, -0.05) is 0 Å². The van der Waals surface area contributed by atoms with E-state index in [0.717, 1.165) is 5.56 Å². The van der Waals surface area contributed by atoms with Crippen LogP contribution in [0.5, 0.6) is 5.75 Å². The summed E-state index contributed by atoms with van der Waals surface area (Å²) in [6, 6.07) is 8.37. The van der Waals surface area contributed by atoms with Gasteiger partial charge in [0, 0.05) is 5.69 Å². The second-order valence-corrected chi connectivity index (χ2v) is 4.64. The lowest BCUT2D eigenvalue weighted by Crippen LogP contribution is -2.11. The van der Waals surface area contributed by atoms with Crippen LogP contribution in [0.25, 0.3) is 0 Å². The van der Waals surface area contributed by atoms with Crippen molar-refractivity contribution in [1.29, 1.82) is 0 Å². The molecule has 1 aromatic heterocycles. The Hall–Kier alpha value is -2.96. The van der Waals surface area contributed by atoms with Crippen molar-refractivity contribution in [3.63, 3.8) is 0 Å². The van der Waals surface area contributed by atoms with E-state index in [1.54, 1.807) is 24.3 Å². The number of aryl methyl sites for hydroxylation is 1. The summed E-state index contributed by atoms with van der Waals surface area (Å²) in [7, 11) is 2.59. The molecule has 1 N–H and O–H groups in total. The molecule has 2 rings (SSSR count). The molecule has 7 nitrogen and oxygen atoms in total. The van der Waals surface area contributed by atoms with E-state index in [-0.39, 0.29) is 12.4 Å². The number of ether oxygens (including phenoxy) is 3. The van der Waals surface area contributed by atoms with Crippen molar-refractivity contribution in [3.8, 4) is 5.75 Å². The summed E-state index contributed by atoms with van der Waals surface area (Å²) in [6.45, 7) is 2.00. The molecule has 1 heterocycles. The van der Waals surface area contributed by atoms with Gasteiger partial charge in [0.25, 0.3) is 0 Å². The van der Waals surface area contributed by atoms with Gasteiger partial charge >= 0.3 is 12.1 Å². The molecule has 0 aliphatic carbocycles. The molecular formula is C16H17NO6. The molecule has 2 aromatic rings. The van der Waals surface area contributed by atoms with Crippen molar-refractivity contribution >= 4 is 17.7 Å². The Morgan fingerprint density at radius 1 is 1.13 bits per heavy atom. The Morgan fingerprint density at radius 2 is 1.91 bits per heavy atom. The van der Waals surface area contributed by atoms with Crippen molar-refractivity contribution < 1.29 is 28.2 Å². The average Bonchev–Trinajstić information content (AvgIpc) is 3.03. The first-order valence-corrected chi connectivity index (χ1v) is 6.79. The molecule has 0 fully saturated rings. The Kier molecular flexibility index (Phi) is 5.24. The fraction of sp³-hybridized carbons (Fsp3) is 0.250. The molecule has 122 valence electrons. The molecule has 1 aromatic carbocycles. The molecule has 1 amide bonds. The van der Waals surface area contributed by atoms with Crippen LogP contribution in [0.3, 0.4) is 0 Å². The maximum atomic E-state index is 11.3. The molecular weight excluding hydrogens is 302 g/mol. The van der Waals surface area contributed by atoms with E-state index in [4.69, 9.17) is 9.15 Å². The van der Waals surface area contributed by atoms with Crippen LogP contribution in [-0.4, -0.2) is 26.3 Å². The number of anilines is 1. The van der Waals surface area contributed by atoms with Crippen LogP contribution in [0.2, 0.25) is 0 Å². The minimum atomic E-state index is -0.537. The van der Waals surface area contributed by atoms with Gasteiger partial charge in [0.1, 0.15) is 18.1 Å². The number of hydrogen-bond acceptors (Lipinski definition) is 6. The topological polar surface area (TPSA) is 87.0 Å². The van der Waals surface area contributed by atoms with Crippen LogP contribution in [0.1, 0.15) is 21.9 Å². The van der Waals surface area contributed by atoms with Gasteiger partial charge in [-0.05, 0) is 42.8 Å². The van der Waals surface area contributed by atoms with E-state index in [2.05, 4.69) is 14.8 Å². The third-order valence-corrected chi connectivity index (χ3v) is 3.05. The van der Waals surface area contributed by atoms with Crippen molar-refractivity contribution in [2.24, 2.45) is 0 Å². The lowest BCUT2D eigenvalue weighted by molar-refractivity contribution is 0.0561. The maximum absolute atomic E-state index is 11.3. The predicted molar refractivity (Wildman–Crippen MR) is 81.6 cm³/mol. The van der Waals surface area contributed by atoms with Gasteiger partial charge in [-0.2, -0.15) is 0 Å². The SMILES string of the molecule is COC(=O)Nc1ccc(OCc2ccc(C(=O)OC)o2)cc1C. The van der Waals surface area contributed by atoms with Gasteiger partial charge in [0.05, 0.1) is 14.2 Å². The fourth-order valence-corrected chi connectivity index (χ4v) is 1.85. The second kappa shape index (κ2) is 7.35. The number of rotatable bonds is 5. The highest BCUT2D eigenvalue weighted by atomic mass is 16.5. The number of hydrogen-bond donors (Lipinski definition) is 1. The van der Waals surface area contributed by atoms with Crippen molar-refractivity contribution in [1.82, 2.24) is 0 Å². The monoisotopic (exact) mass is 319 g/mol. The van der Waals surface area contributed by atoms with Gasteiger partial charge in [-0.3, -0.25) is 5.32 Å². The standard InChI is InChI=1S/C16H17NO6/c1-10-8-11(4-6-13(10)17-16(19)21-3)22-9-12-5-7-14(23-12)15(18)20-2/h4-8H,9H2,1-3H3,(H,17,19).